The highest BCUT2D eigenvalue weighted by Crippen LogP contribution is 2.27. The highest BCUT2D eigenvalue weighted by Gasteiger charge is 2.19. The molecule has 0 spiro atoms. The monoisotopic (exact) mass is 272 g/mol. The van der Waals surface area contributed by atoms with E-state index in [0.717, 1.165) is 0 Å². The Morgan fingerprint density at radius 2 is 2.20 bits per heavy atom. The van der Waals surface area contributed by atoms with E-state index in [-0.39, 0.29) is 17.1 Å². The van der Waals surface area contributed by atoms with Crippen LogP contribution in [0.15, 0.2) is 24.3 Å². The zero-order valence-electron chi connectivity index (χ0n) is 10.9. The van der Waals surface area contributed by atoms with E-state index in [2.05, 4.69) is 5.10 Å². The molecule has 0 fully saturated rings. The van der Waals surface area contributed by atoms with Gasteiger partial charge in [-0.25, -0.2) is 4.68 Å². The smallest absolute Gasteiger partial charge is 0.271 e. The summed E-state index contributed by atoms with van der Waals surface area (Å²) in [6, 6.07) is 7.89. The summed E-state index contributed by atoms with van der Waals surface area (Å²) in [5, 5.41) is 24.1. The van der Waals surface area contributed by atoms with Crippen molar-refractivity contribution in [1.29, 1.82) is 5.26 Å². The van der Waals surface area contributed by atoms with Crippen molar-refractivity contribution in [3.05, 3.63) is 39.9 Å². The van der Waals surface area contributed by atoms with E-state index in [0.29, 0.717) is 11.5 Å². The van der Waals surface area contributed by atoms with Gasteiger partial charge in [0.05, 0.1) is 10.6 Å². The fraction of sp³-hybridized carbons (Fsp3) is 0.167. The predicted molar refractivity (Wildman–Crippen MR) is 73.7 cm³/mol. The summed E-state index contributed by atoms with van der Waals surface area (Å²) in [6.45, 7) is 0. The summed E-state index contributed by atoms with van der Waals surface area (Å²) in [5.41, 5.74) is 6.49. The number of non-ortho nitro benzene ring substituents is 1. The second-order valence-electron chi connectivity index (χ2n) is 4.28. The van der Waals surface area contributed by atoms with Gasteiger partial charge in [0.25, 0.3) is 5.69 Å². The lowest BCUT2D eigenvalue weighted by atomic mass is 10.2. The molecule has 1 aromatic heterocycles. The third-order valence-corrected chi connectivity index (χ3v) is 2.72. The van der Waals surface area contributed by atoms with Crippen LogP contribution in [0.3, 0.4) is 0 Å². The van der Waals surface area contributed by atoms with Crippen LogP contribution in [0, 0.1) is 21.4 Å². The topological polar surface area (TPSA) is 114 Å². The fourth-order valence-corrected chi connectivity index (χ4v) is 1.77. The van der Waals surface area contributed by atoms with Crippen LogP contribution in [-0.2, 0) is 0 Å². The molecule has 2 rings (SSSR count). The number of nitro benzene ring substituents is 1. The van der Waals surface area contributed by atoms with E-state index >= 15 is 0 Å². The fourth-order valence-electron chi connectivity index (χ4n) is 1.77. The van der Waals surface area contributed by atoms with Crippen molar-refractivity contribution < 1.29 is 4.92 Å². The molecule has 0 atom stereocenters. The molecule has 0 aliphatic carbocycles. The van der Waals surface area contributed by atoms with Gasteiger partial charge in [-0.3, -0.25) is 10.1 Å². The summed E-state index contributed by atoms with van der Waals surface area (Å²) < 4.78 is 1.32. The molecular weight excluding hydrogens is 260 g/mol. The van der Waals surface area contributed by atoms with Gasteiger partial charge >= 0.3 is 0 Å². The van der Waals surface area contributed by atoms with E-state index in [1.54, 1.807) is 25.1 Å². The average Bonchev–Trinajstić information content (AvgIpc) is 2.76. The predicted octanol–water partition coefficient (Wildman–Crippen LogP) is 1.30. The molecule has 2 aromatic rings. The number of nitro groups is 1. The molecule has 1 aromatic carbocycles. The Morgan fingerprint density at radius 3 is 2.70 bits per heavy atom. The molecule has 20 heavy (non-hydrogen) atoms. The van der Waals surface area contributed by atoms with Crippen molar-refractivity contribution in [2.24, 2.45) is 0 Å². The van der Waals surface area contributed by atoms with Crippen molar-refractivity contribution in [2.45, 2.75) is 0 Å². The molecule has 0 bridgehead atoms. The summed E-state index contributed by atoms with van der Waals surface area (Å²) in [6.07, 6.45) is 0. The molecule has 8 heteroatoms. The van der Waals surface area contributed by atoms with Gasteiger partial charge in [-0.15, -0.1) is 5.10 Å². The van der Waals surface area contributed by atoms with Crippen LogP contribution in [0.1, 0.15) is 5.56 Å². The van der Waals surface area contributed by atoms with Gasteiger partial charge in [0, 0.05) is 26.2 Å². The molecule has 0 unspecified atom stereocenters. The highest BCUT2D eigenvalue weighted by molar-refractivity contribution is 5.67. The van der Waals surface area contributed by atoms with Crippen LogP contribution in [-0.4, -0.2) is 28.8 Å². The molecule has 0 aliphatic heterocycles. The Kier molecular flexibility index (Phi) is 3.27. The third-order valence-electron chi connectivity index (χ3n) is 2.72. The summed E-state index contributed by atoms with van der Waals surface area (Å²) in [5.74, 6) is 0.563. The number of anilines is 2. The minimum absolute atomic E-state index is 0.0673. The Bertz CT molecular complexity index is 713. The van der Waals surface area contributed by atoms with E-state index in [1.807, 2.05) is 6.07 Å². The van der Waals surface area contributed by atoms with Crippen molar-refractivity contribution in [3.63, 3.8) is 0 Å². The summed E-state index contributed by atoms with van der Waals surface area (Å²) in [4.78, 5) is 11.9. The van der Waals surface area contributed by atoms with Gasteiger partial charge < -0.3 is 10.6 Å². The van der Waals surface area contributed by atoms with Crippen molar-refractivity contribution in [2.75, 3.05) is 24.7 Å². The minimum Gasteiger partial charge on any atom is -0.382 e. The van der Waals surface area contributed by atoms with E-state index in [4.69, 9.17) is 11.0 Å². The number of aromatic nitrogens is 2. The van der Waals surface area contributed by atoms with Gasteiger partial charge in [-0.2, -0.15) is 5.26 Å². The largest absolute Gasteiger partial charge is 0.382 e. The lowest BCUT2D eigenvalue weighted by Gasteiger charge is -2.07. The quantitative estimate of drug-likeness (QED) is 0.665. The zero-order valence-corrected chi connectivity index (χ0v) is 10.9. The van der Waals surface area contributed by atoms with Crippen LogP contribution in [0.25, 0.3) is 5.69 Å². The zero-order chi connectivity index (χ0) is 14.9. The van der Waals surface area contributed by atoms with Crippen LogP contribution in [0.4, 0.5) is 17.3 Å². The van der Waals surface area contributed by atoms with Crippen LogP contribution in [0.2, 0.25) is 0 Å². The van der Waals surface area contributed by atoms with Gasteiger partial charge in [0.2, 0.25) is 0 Å². The minimum atomic E-state index is -0.499. The number of benzene rings is 1. The lowest BCUT2D eigenvalue weighted by Crippen LogP contribution is -2.11. The summed E-state index contributed by atoms with van der Waals surface area (Å²) >= 11 is 0. The molecule has 0 aliphatic rings. The van der Waals surface area contributed by atoms with Crippen molar-refractivity contribution in [3.8, 4) is 11.8 Å². The Hall–Kier alpha value is -3.08. The molecule has 1 heterocycles. The summed E-state index contributed by atoms with van der Waals surface area (Å²) in [7, 11) is 3.47. The third kappa shape index (κ3) is 2.12. The molecule has 0 saturated carbocycles. The maximum Gasteiger partial charge on any atom is 0.271 e. The van der Waals surface area contributed by atoms with E-state index in [9.17, 15) is 10.1 Å². The number of hydrogen-bond acceptors (Lipinski definition) is 6. The van der Waals surface area contributed by atoms with Gasteiger partial charge in [-0.1, -0.05) is 6.07 Å². The van der Waals surface area contributed by atoms with Gasteiger partial charge in [0.1, 0.15) is 17.5 Å². The normalized spacial score (nSPS) is 10.1. The highest BCUT2D eigenvalue weighted by atomic mass is 16.6. The van der Waals surface area contributed by atoms with Crippen molar-refractivity contribution in [1.82, 2.24) is 9.78 Å². The molecule has 2 N–H and O–H groups in total. The Morgan fingerprint density at radius 1 is 1.50 bits per heavy atom. The average molecular weight is 272 g/mol. The number of hydrogen-bond donors (Lipinski definition) is 1. The van der Waals surface area contributed by atoms with Gasteiger partial charge in [-0.05, 0) is 6.07 Å². The molecular formula is C12H12N6O2. The number of nitrogens with two attached hydrogens (primary N) is 1. The Balaban J connectivity index is 2.62. The second-order valence-corrected chi connectivity index (χ2v) is 4.28. The van der Waals surface area contributed by atoms with Crippen LogP contribution in [0.5, 0.6) is 0 Å². The number of nitrogen functional groups attached to an aromatic ring is 1. The molecule has 0 amide bonds. The first-order chi connectivity index (χ1) is 9.45. The van der Waals surface area contributed by atoms with Crippen molar-refractivity contribution >= 4 is 17.3 Å². The number of rotatable bonds is 3. The molecule has 8 nitrogen and oxygen atoms in total. The van der Waals surface area contributed by atoms with E-state index in [1.165, 1.54) is 22.9 Å². The number of nitriles is 1. The molecule has 0 radical (unpaired) electrons. The van der Waals surface area contributed by atoms with Crippen LogP contribution >= 0.6 is 0 Å². The number of nitrogens with zero attached hydrogens (tertiary/aromatic N) is 5. The SMILES string of the molecule is CN(C)c1nn(-c2cccc([N+](=O)[O-])c2)c(N)c1C#N. The Labute approximate surface area is 114 Å². The van der Waals surface area contributed by atoms with E-state index < -0.39 is 4.92 Å². The standard InChI is InChI=1S/C12H12N6O2/c1-16(2)12-10(7-13)11(14)17(15-12)8-4-3-5-9(6-8)18(19)20/h3-6H,14H2,1-2H3. The maximum absolute atomic E-state index is 10.8. The maximum atomic E-state index is 10.8. The first kappa shape index (κ1) is 13.4. The second kappa shape index (κ2) is 4.89. The lowest BCUT2D eigenvalue weighted by molar-refractivity contribution is -0.384. The van der Waals surface area contributed by atoms with Gasteiger partial charge in [0.15, 0.2) is 5.82 Å². The molecule has 0 saturated heterocycles. The first-order valence-corrected chi connectivity index (χ1v) is 5.66. The molecule has 102 valence electrons. The van der Waals surface area contributed by atoms with Crippen LogP contribution < -0.4 is 10.6 Å². The first-order valence-electron chi connectivity index (χ1n) is 5.66.